The number of fused-ring (bicyclic) bond motifs is 1. The number of aromatic nitrogens is 1. The lowest BCUT2D eigenvalue weighted by atomic mass is 9.69. The molecule has 32 heavy (non-hydrogen) atoms. The molecule has 2 N–H and O–H groups in total. The van der Waals surface area contributed by atoms with Gasteiger partial charge in [0.1, 0.15) is 23.5 Å². The fourth-order valence-corrected chi connectivity index (χ4v) is 4.36. The number of rotatable bonds is 5. The predicted octanol–water partition coefficient (Wildman–Crippen LogP) is 4.34. The smallest absolute Gasteiger partial charge is 0.244 e. The van der Waals surface area contributed by atoms with E-state index in [2.05, 4.69) is 10.3 Å². The van der Waals surface area contributed by atoms with E-state index in [4.69, 9.17) is 0 Å². The second-order valence-electron chi connectivity index (χ2n) is 8.56. The molecule has 0 bridgehead atoms. The Kier molecular flexibility index (Phi) is 5.71. The van der Waals surface area contributed by atoms with Crippen molar-refractivity contribution in [1.82, 2.24) is 15.2 Å². The van der Waals surface area contributed by atoms with Crippen LogP contribution in [0.3, 0.4) is 0 Å². The summed E-state index contributed by atoms with van der Waals surface area (Å²) in [5.41, 5.74) is 2.13. The van der Waals surface area contributed by atoms with Crippen molar-refractivity contribution in [2.24, 2.45) is 5.92 Å². The Hall–Kier alpha value is -3.29. The monoisotopic (exact) mass is 443 g/mol. The molecule has 0 saturated heterocycles. The molecule has 2 aromatic carbocycles. The summed E-state index contributed by atoms with van der Waals surface area (Å²) in [4.78, 5) is 29.0. The van der Waals surface area contributed by atoms with E-state index in [1.165, 1.54) is 23.1 Å². The fraction of sp³-hybridized carbons (Fsp3) is 0.333. The normalized spacial score (nSPS) is 18.8. The number of H-pyrrole nitrogens is 1. The zero-order chi connectivity index (χ0) is 23.2. The minimum absolute atomic E-state index is 0.111. The molecule has 1 atom stereocenters. The summed E-state index contributed by atoms with van der Waals surface area (Å²) < 4.78 is 41.9. The van der Waals surface area contributed by atoms with Crippen LogP contribution in [0.2, 0.25) is 0 Å². The molecule has 0 unspecified atom stereocenters. The van der Waals surface area contributed by atoms with Gasteiger partial charge in [0.15, 0.2) is 0 Å². The number of amides is 2. The molecular weight excluding hydrogens is 419 g/mol. The molecule has 3 aromatic rings. The standard InChI is InChI=1S/C24H24F3N3O2/c1-12(24(32)30(2)3)28-23(31)15-8-14(9-15)20-18-10-17(26)11-19(27)22(18)29-21(20)13-4-6-16(25)7-5-13/h4-7,10-12,14-15,29H,8-9H2,1-3H3,(H,28,31)/t12-,14?,15?/m1/s1. The third kappa shape index (κ3) is 3.97. The topological polar surface area (TPSA) is 65.2 Å². The van der Waals surface area contributed by atoms with Gasteiger partial charge in [0.2, 0.25) is 11.8 Å². The summed E-state index contributed by atoms with van der Waals surface area (Å²) in [7, 11) is 3.24. The minimum Gasteiger partial charge on any atom is -0.352 e. The van der Waals surface area contributed by atoms with Crippen molar-refractivity contribution in [2.75, 3.05) is 14.1 Å². The Balaban J connectivity index is 1.62. The number of aromatic amines is 1. The van der Waals surface area contributed by atoms with E-state index in [0.29, 0.717) is 35.0 Å². The lowest BCUT2D eigenvalue weighted by Gasteiger charge is -2.35. The van der Waals surface area contributed by atoms with Crippen LogP contribution in [0.25, 0.3) is 22.2 Å². The summed E-state index contributed by atoms with van der Waals surface area (Å²) in [5, 5.41) is 3.16. The molecule has 1 saturated carbocycles. The number of nitrogens with one attached hydrogen (secondary N) is 2. The van der Waals surface area contributed by atoms with Crippen LogP contribution in [0.5, 0.6) is 0 Å². The highest BCUT2D eigenvalue weighted by atomic mass is 19.1. The Labute approximate surface area is 183 Å². The fourth-order valence-electron chi connectivity index (χ4n) is 4.36. The number of carbonyl (C=O) groups excluding carboxylic acids is 2. The zero-order valence-corrected chi connectivity index (χ0v) is 18.0. The summed E-state index contributed by atoms with van der Waals surface area (Å²) in [6.45, 7) is 1.63. The van der Waals surface area contributed by atoms with Crippen LogP contribution < -0.4 is 5.32 Å². The number of halogens is 3. The third-order valence-electron chi connectivity index (χ3n) is 6.08. The summed E-state index contributed by atoms with van der Waals surface area (Å²) in [6.07, 6.45) is 0.960. The first kappa shape index (κ1) is 21.9. The Morgan fingerprint density at radius 3 is 2.34 bits per heavy atom. The maximum atomic E-state index is 14.5. The van der Waals surface area contributed by atoms with Gasteiger partial charge in [0, 0.05) is 31.5 Å². The summed E-state index contributed by atoms with van der Waals surface area (Å²) in [5.74, 6) is -2.63. The summed E-state index contributed by atoms with van der Waals surface area (Å²) >= 11 is 0. The second kappa shape index (κ2) is 8.33. The van der Waals surface area contributed by atoms with Gasteiger partial charge in [-0.2, -0.15) is 0 Å². The molecule has 1 fully saturated rings. The maximum Gasteiger partial charge on any atom is 0.244 e. The zero-order valence-electron chi connectivity index (χ0n) is 18.0. The van der Waals surface area contributed by atoms with Gasteiger partial charge in [0.05, 0.1) is 11.2 Å². The van der Waals surface area contributed by atoms with E-state index in [-0.39, 0.29) is 29.2 Å². The Bertz CT molecular complexity index is 1180. The first-order chi connectivity index (χ1) is 15.2. The molecule has 5 nitrogen and oxygen atoms in total. The van der Waals surface area contributed by atoms with E-state index in [1.54, 1.807) is 33.2 Å². The van der Waals surface area contributed by atoms with Gasteiger partial charge >= 0.3 is 0 Å². The van der Waals surface area contributed by atoms with E-state index in [1.807, 2.05) is 0 Å². The number of carbonyl (C=O) groups is 2. The van der Waals surface area contributed by atoms with Crippen LogP contribution in [0.15, 0.2) is 36.4 Å². The van der Waals surface area contributed by atoms with E-state index in [9.17, 15) is 22.8 Å². The van der Waals surface area contributed by atoms with E-state index >= 15 is 0 Å². The quantitative estimate of drug-likeness (QED) is 0.616. The highest BCUT2D eigenvalue weighted by Crippen LogP contribution is 2.48. The van der Waals surface area contributed by atoms with Crippen molar-refractivity contribution < 1.29 is 22.8 Å². The molecule has 2 amide bonds. The molecule has 8 heteroatoms. The highest BCUT2D eigenvalue weighted by molar-refractivity contribution is 5.93. The SMILES string of the molecule is C[C@@H](NC(=O)C1CC(c2c(-c3ccc(F)cc3)[nH]c3c(F)cc(F)cc23)C1)C(=O)N(C)C. The molecule has 0 aliphatic heterocycles. The molecule has 1 aliphatic carbocycles. The number of benzene rings is 2. The first-order valence-corrected chi connectivity index (χ1v) is 10.4. The van der Waals surface area contributed by atoms with Gasteiger partial charge in [0.25, 0.3) is 0 Å². The number of nitrogens with zero attached hydrogens (tertiary/aromatic N) is 1. The van der Waals surface area contributed by atoms with Crippen molar-refractivity contribution >= 4 is 22.7 Å². The van der Waals surface area contributed by atoms with E-state index < -0.39 is 23.5 Å². The number of likely N-dealkylation sites (N-methyl/N-ethyl adjacent to an activating group) is 1. The number of hydrogen-bond donors (Lipinski definition) is 2. The Morgan fingerprint density at radius 1 is 1.06 bits per heavy atom. The molecule has 0 spiro atoms. The van der Waals surface area contributed by atoms with Gasteiger partial charge in [-0.3, -0.25) is 9.59 Å². The Morgan fingerprint density at radius 2 is 1.72 bits per heavy atom. The van der Waals surface area contributed by atoms with Crippen molar-refractivity contribution in [1.29, 1.82) is 0 Å². The van der Waals surface area contributed by atoms with Crippen LogP contribution in [0, 0.1) is 23.4 Å². The van der Waals surface area contributed by atoms with Crippen LogP contribution in [-0.2, 0) is 9.59 Å². The van der Waals surface area contributed by atoms with Crippen LogP contribution >= 0.6 is 0 Å². The molecular formula is C24H24F3N3O2. The minimum atomic E-state index is -0.709. The maximum absolute atomic E-state index is 14.5. The average molecular weight is 443 g/mol. The molecule has 168 valence electrons. The third-order valence-corrected chi connectivity index (χ3v) is 6.08. The van der Waals surface area contributed by atoms with E-state index in [0.717, 1.165) is 6.07 Å². The first-order valence-electron chi connectivity index (χ1n) is 10.4. The molecule has 1 aliphatic rings. The van der Waals surface area contributed by atoms with Gasteiger partial charge in [-0.15, -0.1) is 0 Å². The van der Waals surface area contributed by atoms with Crippen molar-refractivity contribution in [3.63, 3.8) is 0 Å². The predicted molar refractivity (Wildman–Crippen MR) is 115 cm³/mol. The van der Waals surface area contributed by atoms with Crippen molar-refractivity contribution in [3.05, 3.63) is 59.4 Å². The van der Waals surface area contributed by atoms with Crippen molar-refractivity contribution in [3.8, 4) is 11.3 Å². The van der Waals surface area contributed by atoms with Gasteiger partial charge in [-0.05, 0) is 67.1 Å². The van der Waals surface area contributed by atoms with Gasteiger partial charge in [-0.1, -0.05) is 0 Å². The largest absolute Gasteiger partial charge is 0.352 e. The molecule has 4 rings (SSSR count). The number of hydrogen-bond acceptors (Lipinski definition) is 2. The van der Waals surface area contributed by atoms with Gasteiger partial charge in [-0.25, -0.2) is 13.2 Å². The van der Waals surface area contributed by atoms with Crippen LogP contribution in [-0.4, -0.2) is 41.8 Å². The molecule has 1 heterocycles. The molecule has 0 radical (unpaired) electrons. The second-order valence-corrected chi connectivity index (χ2v) is 8.56. The average Bonchev–Trinajstić information content (AvgIpc) is 3.06. The van der Waals surface area contributed by atoms with Crippen LogP contribution in [0.1, 0.15) is 31.2 Å². The van der Waals surface area contributed by atoms with Crippen LogP contribution in [0.4, 0.5) is 13.2 Å². The highest BCUT2D eigenvalue weighted by Gasteiger charge is 2.39. The lowest BCUT2D eigenvalue weighted by molar-refractivity contribution is -0.136. The summed E-state index contributed by atoms with van der Waals surface area (Å²) in [6, 6.07) is 7.23. The van der Waals surface area contributed by atoms with Crippen molar-refractivity contribution in [2.45, 2.75) is 31.7 Å². The lowest BCUT2D eigenvalue weighted by Crippen LogP contribution is -2.48. The van der Waals surface area contributed by atoms with Gasteiger partial charge < -0.3 is 15.2 Å². The molecule has 1 aromatic heterocycles.